The van der Waals surface area contributed by atoms with Crippen molar-refractivity contribution in [2.75, 3.05) is 5.32 Å². The van der Waals surface area contributed by atoms with E-state index in [1.165, 1.54) is 18.2 Å². The lowest BCUT2D eigenvalue weighted by Gasteiger charge is -2.04. The van der Waals surface area contributed by atoms with E-state index in [1.54, 1.807) is 30.3 Å². The van der Waals surface area contributed by atoms with Crippen molar-refractivity contribution < 1.29 is 14.1 Å². The number of hydrogen-bond donors (Lipinski definition) is 1. The monoisotopic (exact) mass is 407 g/mol. The van der Waals surface area contributed by atoms with Gasteiger partial charge >= 0.3 is 0 Å². The SMILES string of the molecule is Cc1ccc(NC(=O)/C(C#N)=C/c2ccc(-c3ccc(Cl)c([N+](=O)[O-])c3)o2)cc1. The lowest BCUT2D eigenvalue weighted by atomic mass is 10.1. The summed E-state index contributed by atoms with van der Waals surface area (Å²) in [6.45, 7) is 1.93. The molecule has 0 aliphatic rings. The van der Waals surface area contributed by atoms with Gasteiger partial charge in [0.05, 0.1) is 4.92 Å². The summed E-state index contributed by atoms with van der Waals surface area (Å²) in [6, 6.07) is 16.4. The number of benzene rings is 2. The third-order valence-corrected chi connectivity index (χ3v) is 4.33. The summed E-state index contributed by atoms with van der Waals surface area (Å²) in [4.78, 5) is 22.8. The summed E-state index contributed by atoms with van der Waals surface area (Å²) in [7, 11) is 0. The molecule has 1 aromatic heterocycles. The number of nitriles is 1. The molecule has 0 saturated carbocycles. The number of nitrogens with zero attached hydrogens (tertiary/aromatic N) is 2. The van der Waals surface area contributed by atoms with E-state index in [1.807, 2.05) is 25.1 Å². The highest BCUT2D eigenvalue weighted by Crippen LogP contribution is 2.31. The van der Waals surface area contributed by atoms with Crippen LogP contribution < -0.4 is 5.32 Å². The number of furan rings is 1. The third-order valence-electron chi connectivity index (χ3n) is 4.02. The first kappa shape index (κ1) is 19.9. The number of amides is 1. The van der Waals surface area contributed by atoms with Crippen molar-refractivity contribution in [1.29, 1.82) is 5.26 Å². The molecule has 3 rings (SSSR count). The van der Waals surface area contributed by atoms with Crippen LogP contribution in [-0.4, -0.2) is 10.8 Å². The van der Waals surface area contributed by atoms with Gasteiger partial charge in [-0.15, -0.1) is 0 Å². The molecular weight excluding hydrogens is 394 g/mol. The standard InChI is InChI=1S/C21H14ClN3O4/c1-13-2-5-16(6-3-13)24-21(26)15(12-23)10-17-7-9-20(29-17)14-4-8-18(22)19(11-14)25(27)28/h2-11H,1H3,(H,24,26)/b15-10+. The molecule has 7 nitrogen and oxygen atoms in total. The lowest BCUT2D eigenvalue weighted by Crippen LogP contribution is -2.13. The summed E-state index contributed by atoms with van der Waals surface area (Å²) in [5.41, 5.74) is 1.67. The maximum atomic E-state index is 12.3. The van der Waals surface area contributed by atoms with Crippen LogP contribution in [0.4, 0.5) is 11.4 Å². The second kappa shape index (κ2) is 8.42. The highest BCUT2D eigenvalue weighted by molar-refractivity contribution is 6.32. The topological polar surface area (TPSA) is 109 Å². The summed E-state index contributed by atoms with van der Waals surface area (Å²) in [5.74, 6) is 0.0249. The molecule has 0 unspecified atom stereocenters. The van der Waals surface area contributed by atoms with Crippen molar-refractivity contribution in [3.63, 3.8) is 0 Å². The third kappa shape index (κ3) is 4.69. The molecule has 1 amide bonds. The van der Waals surface area contributed by atoms with Crippen molar-refractivity contribution in [2.24, 2.45) is 0 Å². The molecule has 0 spiro atoms. The number of halogens is 1. The van der Waals surface area contributed by atoms with Gasteiger partial charge in [-0.25, -0.2) is 0 Å². The van der Waals surface area contributed by atoms with Crippen molar-refractivity contribution >= 4 is 35.0 Å². The normalized spacial score (nSPS) is 11.0. The molecular formula is C21H14ClN3O4. The summed E-state index contributed by atoms with van der Waals surface area (Å²) in [6.07, 6.45) is 1.30. The van der Waals surface area contributed by atoms with E-state index in [0.717, 1.165) is 5.56 Å². The fourth-order valence-electron chi connectivity index (χ4n) is 2.52. The van der Waals surface area contributed by atoms with Crippen molar-refractivity contribution in [2.45, 2.75) is 6.92 Å². The largest absolute Gasteiger partial charge is 0.457 e. The van der Waals surface area contributed by atoms with Gasteiger partial charge in [0.15, 0.2) is 0 Å². The van der Waals surface area contributed by atoms with E-state index in [0.29, 0.717) is 17.0 Å². The molecule has 0 aliphatic heterocycles. The second-order valence-corrected chi connectivity index (χ2v) is 6.52. The van der Waals surface area contributed by atoms with E-state index in [-0.39, 0.29) is 22.0 Å². The number of nitro benzene ring substituents is 1. The average molecular weight is 408 g/mol. The van der Waals surface area contributed by atoms with Crippen LogP contribution in [0.25, 0.3) is 17.4 Å². The van der Waals surface area contributed by atoms with Crippen LogP contribution in [-0.2, 0) is 4.79 Å². The first-order chi connectivity index (χ1) is 13.9. The predicted octanol–water partition coefficient (Wildman–Crippen LogP) is 5.36. The smallest absolute Gasteiger partial charge is 0.288 e. The number of nitrogens with one attached hydrogen (secondary N) is 1. The summed E-state index contributed by atoms with van der Waals surface area (Å²) in [5, 5.41) is 23.0. The maximum absolute atomic E-state index is 12.3. The zero-order chi connectivity index (χ0) is 21.0. The Balaban J connectivity index is 1.83. The highest BCUT2D eigenvalue weighted by Gasteiger charge is 2.16. The molecule has 144 valence electrons. The molecule has 3 aromatic rings. The molecule has 0 saturated heterocycles. The van der Waals surface area contributed by atoms with Gasteiger partial charge in [-0.1, -0.05) is 29.3 Å². The second-order valence-electron chi connectivity index (χ2n) is 6.12. The Morgan fingerprint density at radius 2 is 1.93 bits per heavy atom. The molecule has 0 aliphatic carbocycles. The number of hydrogen-bond acceptors (Lipinski definition) is 5. The predicted molar refractivity (Wildman–Crippen MR) is 109 cm³/mol. The van der Waals surface area contributed by atoms with Crippen LogP contribution in [0.15, 0.2) is 64.6 Å². The Kier molecular flexibility index (Phi) is 5.77. The molecule has 2 aromatic carbocycles. The Morgan fingerprint density at radius 1 is 1.21 bits per heavy atom. The highest BCUT2D eigenvalue weighted by atomic mass is 35.5. The van der Waals surface area contributed by atoms with Gasteiger partial charge in [-0.05, 0) is 43.3 Å². The number of carbonyl (C=O) groups is 1. The Labute approximate surface area is 171 Å². The van der Waals surface area contributed by atoms with E-state index in [9.17, 15) is 20.2 Å². The van der Waals surface area contributed by atoms with E-state index in [2.05, 4.69) is 5.32 Å². The van der Waals surface area contributed by atoms with Gasteiger partial charge in [0.1, 0.15) is 28.2 Å². The number of carbonyl (C=O) groups excluding carboxylic acids is 1. The number of anilines is 1. The van der Waals surface area contributed by atoms with Gasteiger partial charge in [0, 0.05) is 23.4 Å². The minimum absolute atomic E-state index is 0.0185. The van der Waals surface area contributed by atoms with E-state index < -0.39 is 10.8 Å². The van der Waals surface area contributed by atoms with Gasteiger partial charge in [0.2, 0.25) is 0 Å². The van der Waals surface area contributed by atoms with Crippen molar-refractivity contribution in [3.8, 4) is 17.4 Å². The fraction of sp³-hybridized carbons (Fsp3) is 0.0476. The van der Waals surface area contributed by atoms with Gasteiger partial charge in [0.25, 0.3) is 11.6 Å². The minimum atomic E-state index is -0.585. The van der Waals surface area contributed by atoms with Crippen LogP contribution in [0, 0.1) is 28.4 Å². The Bertz CT molecular complexity index is 1160. The fourth-order valence-corrected chi connectivity index (χ4v) is 2.70. The van der Waals surface area contributed by atoms with Crippen LogP contribution in [0.5, 0.6) is 0 Å². The van der Waals surface area contributed by atoms with Crippen molar-refractivity contribution in [3.05, 3.63) is 86.6 Å². The van der Waals surface area contributed by atoms with Crippen molar-refractivity contribution in [1.82, 2.24) is 0 Å². The Hall–Kier alpha value is -3.89. The average Bonchev–Trinajstić information content (AvgIpc) is 3.16. The number of rotatable bonds is 5. The minimum Gasteiger partial charge on any atom is -0.457 e. The van der Waals surface area contributed by atoms with Crippen LogP contribution >= 0.6 is 11.6 Å². The maximum Gasteiger partial charge on any atom is 0.288 e. The zero-order valence-corrected chi connectivity index (χ0v) is 15.9. The molecule has 0 atom stereocenters. The number of nitro groups is 1. The molecule has 0 bridgehead atoms. The summed E-state index contributed by atoms with van der Waals surface area (Å²) >= 11 is 5.82. The molecule has 0 fully saturated rings. The lowest BCUT2D eigenvalue weighted by molar-refractivity contribution is -0.384. The van der Waals surface area contributed by atoms with Gasteiger partial charge < -0.3 is 9.73 Å². The number of aryl methyl sites for hydroxylation is 1. The molecule has 29 heavy (non-hydrogen) atoms. The van der Waals surface area contributed by atoms with Gasteiger partial charge in [-0.2, -0.15) is 5.26 Å². The quantitative estimate of drug-likeness (QED) is 0.265. The molecule has 1 heterocycles. The summed E-state index contributed by atoms with van der Waals surface area (Å²) < 4.78 is 5.62. The van der Waals surface area contributed by atoms with Crippen LogP contribution in [0.1, 0.15) is 11.3 Å². The Morgan fingerprint density at radius 3 is 2.59 bits per heavy atom. The van der Waals surface area contributed by atoms with E-state index >= 15 is 0 Å². The van der Waals surface area contributed by atoms with Gasteiger partial charge in [-0.3, -0.25) is 14.9 Å². The van der Waals surface area contributed by atoms with Crippen LogP contribution in [0.3, 0.4) is 0 Å². The van der Waals surface area contributed by atoms with Crippen LogP contribution in [0.2, 0.25) is 5.02 Å². The first-order valence-corrected chi connectivity index (χ1v) is 8.79. The first-order valence-electron chi connectivity index (χ1n) is 8.41. The molecule has 8 heteroatoms. The van der Waals surface area contributed by atoms with E-state index in [4.69, 9.17) is 16.0 Å². The zero-order valence-electron chi connectivity index (χ0n) is 15.2. The molecule has 1 N–H and O–H groups in total. The molecule has 0 radical (unpaired) electrons.